The number of benzene rings is 1. The Bertz CT molecular complexity index is 1020. The van der Waals surface area contributed by atoms with Crippen molar-refractivity contribution >= 4 is 44.5 Å². The van der Waals surface area contributed by atoms with Gasteiger partial charge in [0.05, 0.1) is 16.5 Å². The minimum absolute atomic E-state index is 0.0174. The molecule has 1 heterocycles. The highest BCUT2D eigenvalue weighted by Gasteiger charge is 2.27. The molecule has 1 amide bonds. The van der Waals surface area contributed by atoms with E-state index in [0.29, 0.717) is 34.6 Å². The maximum Gasteiger partial charge on any atom is 0.387 e. The van der Waals surface area contributed by atoms with E-state index in [4.69, 9.17) is 16.2 Å². The monoisotopic (exact) mass is 567 g/mol. The van der Waals surface area contributed by atoms with Crippen LogP contribution < -0.4 is 10.1 Å². The summed E-state index contributed by atoms with van der Waals surface area (Å²) in [6.07, 6.45) is 3.41. The van der Waals surface area contributed by atoms with Crippen LogP contribution in [0.2, 0.25) is 5.02 Å². The van der Waals surface area contributed by atoms with Crippen molar-refractivity contribution in [2.75, 3.05) is 12.3 Å². The molecule has 0 bridgehead atoms. The number of nitrogens with zero attached hydrogens (tertiary/aromatic N) is 2. The summed E-state index contributed by atoms with van der Waals surface area (Å²) in [4.78, 5) is 12.8. The summed E-state index contributed by atoms with van der Waals surface area (Å²) in [5.41, 5.74) is 0.644. The Hall–Kier alpha value is -1.56. The molecule has 2 N–H and O–H groups in total. The fraction of sp³-hybridized carbons (Fsp3) is 0.524. The van der Waals surface area contributed by atoms with E-state index in [9.17, 15) is 17.8 Å². The molecule has 12 heteroatoms. The van der Waals surface area contributed by atoms with Crippen molar-refractivity contribution < 1.29 is 27.1 Å². The predicted molar refractivity (Wildman–Crippen MR) is 126 cm³/mol. The second kappa shape index (κ2) is 11.7. The third kappa shape index (κ3) is 6.74. The first-order valence-electron chi connectivity index (χ1n) is 10.6. The second-order valence-corrected chi connectivity index (χ2v) is 10.2. The Morgan fingerprint density at radius 1 is 1.36 bits per heavy atom. The lowest BCUT2D eigenvalue weighted by Gasteiger charge is -2.27. The van der Waals surface area contributed by atoms with Crippen LogP contribution in [0.4, 0.5) is 8.78 Å². The molecule has 7 nitrogen and oxygen atoms in total. The van der Waals surface area contributed by atoms with Crippen molar-refractivity contribution in [1.29, 1.82) is 0 Å². The van der Waals surface area contributed by atoms with Crippen molar-refractivity contribution in [3.8, 4) is 17.0 Å². The fourth-order valence-electron chi connectivity index (χ4n) is 4.08. The van der Waals surface area contributed by atoms with E-state index in [1.807, 2.05) is 0 Å². The molecule has 3 rings (SSSR count). The molecule has 0 spiro atoms. The molecule has 1 aliphatic rings. The lowest BCUT2D eigenvalue weighted by atomic mass is 9.83. The zero-order chi connectivity index (χ0) is 24.1. The normalized spacial score (nSPS) is 19.5. The summed E-state index contributed by atoms with van der Waals surface area (Å²) in [5, 5.41) is 7.24. The van der Waals surface area contributed by atoms with Crippen LogP contribution in [0.1, 0.15) is 43.1 Å². The summed E-state index contributed by atoms with van der Waals surface area (Å²) in [5.74, 6) is 0.264. The average Bonchev–Trinajstić information content (AvgIpc) is 3.08. The molecule has 0 radical (unpaired) electrons. The number of carbonyl (C=O) groups is 1. The fourth-order valence-corrected chi connectivity index (χ4v) is 5.48. The Balaban J connectivity index is 1.75. The quantitative estimate of drug-likeness (QED) is 0.398. The SMILES string of the molecule is CCn1nc(C(=O)NCC2CCC(CS(=O)O)CC2)c(Cl)c1-c1ccc(Br)cc1OC(F)F. The van der Waals surface area contributed by atoms with E-state index >= 15 is 0 Å². The molecule has 1 aromatic heterocycles. The van der Waals surface area contributed by atoms with E-state index in [1.165, 1.54) is 10.7 Å². The summed E-state index contributed by atoms with van der Waals surface area (Å²) >= 11 is 7.98. The van der Waals surface area contributed by atoms with Gasteiger partial charge >= 0.3 is 6.61 Å². The maximum absolute atomic E-state index is 12.9. The number of halogens is 4. The first-order valence-corrected chi connectivity index (χ1v) is 13.0. The minimum atomic E-state index is -3.02. The minimum Gasteiger partial charge on any atom is -0.434 e. The molecule has 0 aliphatic heterocycles. The largest absolute Gasteiger partial charge is 0.434 e. The van der Waals surface area contributed by atoms with Crippen LogP contribution in [-0.4, -0.2) is 43.4 Å². The van der Waals surface area contributed by atoms with Crippen LogP contribution in [0.3, 0.4) is 0 Å². The summed E-state index contributed by atoms with van der Waals surface area (Å²) in [6.45, 7) is -0.414. The summed E-state index contributed by atoms with van der Waals surface area (Å²) < 4.78 is 52.6. The Labute approximate surface area is 206 Å². The maximum atomic E-state index is 12.9. The molecule has 182 valence electrons. The van der Waals surface area contributed by atoms with Crippen LogP contribution in [0.5, 0.6) is 5.75 Å². The van der Waals surface area contributed by atoms with E-state index in [0.717, 1.165) is 25.7 Å². The Morgan fingerprint density at radius 3 is 2.64 bits per heavy atom. The van der Waals surface area contributed by atoms with Gasteiger partial charge in [-0.15, -0.1) is 0 Å². The standard InChI is InChI=1S/C21H25BrClF2N3O4S/c1-2-28-19(15-8-7-14(22)9-16(15)32-21(24)25)17(23)18(27-28)20(29)26-10-12-3-5-13(6-4-12)11-33(30)31/h7-9,12-13,21H,2-6,10-11H2,1H3,(H,26,29)(H,30,31). The van der Waals surface area contributed by atoms with E-state index < -0.39 is 23.6 Å². The van der Waals surface area contributed by atoms with Crippen molar-refractivity contribution in [2.45, 2.75) is 45.8 Å². The number of hydrogen-bond donors (Lipinski definition) is 2. The van der Waals surface area contributed by atoms with Gasteiger partial charge < -0.3 is 14.6 Å². The highest BCUT2D eigenvalue weighted by Crippen LogP contribution is 2.39. The molecule has 0 saturated heterocycles. The molecule has 1 aromatic carbocycles. The molecule has 33 heavy (non-hydrogen) atoms. The number of rotatable bonds is 9. The molecular formula is C21H25BrClF2N3O4S. The van der Waals surface area contributed by atoms with Crippen molar-refractivity contribution in [2.24, 2.45) is 11.8 Å². The van der Waals surface area contributed by atoms with Gasteiger partial charge in [-0.05, 0) is 62.6 Å². The van der Waals surface area contributed by atoms with Crippen LogP contribution in [-0.2, 0) is 17.6 Å². The van der Waals surface area contributed by atoms with Crippen LogP contribution in [0.25, 0.3) is 11.3 Å². The van der Waals surface area contributed by atoms with Crippen molar-refractivity contribution in [1.82, 2.24) is 15.1 Å². The number of carbonyl (C=O) groups excluding carboxylic acids is 1. The zero-order valence-electron chi connectivity index (χ0n) is 17.9. The third-order valence-electron chi connectivity index (χ3n) is 5.72. The first-order chi connectivity index (χ1) is 15.7. The first kappa shape index (κ1) is 26.1. The Kier molecular flexibility index (Phi) is 9.25. The number of aryl methyl sites for hydroxylation is 1. The molecule has 1 saturated carbocycles. The van der Waals surface area contributed by atoms with Crippen molar-refractivity contribution in [3.05, 3.63) is 33.4 Å². The second-order valence-electron chi connectivity index (χ2n) is 7.93. The van der Waals surface area contributed by atoms with Crippen molar-refractivity contribution in [3.63, 3.8) is 0 Å². The number of amides is 1. The molecule has 1 fully saturated rings. The van der Waals surface area contributed by atoms with Gasteiger partial charge in [-0.2, -0.15) is 13.9 Å². The van der Waals surface area contributed by atoms with Gasteiger partial charge in [0.15, 0.2) is 16.8 Å². The summed E-state index contributed by atoms with van der Waals surface area (Å²) in [6, 6.07) is 4.66. The van der Waals surface area contributed by atoms with E-state index in [-0.39, 0.29) is 28.3 Å². The van der Waals surface area contributed by atoms with E-state index in [1.54, 1.807) is 19.1 Å². The Morgan fingerprint density at radius 2 is 2.03 bits per heavy atom. The lowest BCUT2D eigenvalue weighted by Crippen LogP contribution is -2.32. The predicted octanol–water partition coefficient (Wildman–Crippen LogP) is 5.35. The van der Waals surface area contributed by atoms with Gasteiger partial charge in [-0.3, -0.25) is 9.48 Å². The average molecular weight is 569 g/mol. The molecule has 1 aliphatic carbocycles. The van der Waals surface area contributed by atoms with Gasteiger partial charge in [-0.1, -0.05) is 27.5 Å². The number of nitrogens with one attached hydrogen (secondary N) is 1. The van der Waals surface area contributed by atoms with Gasteiger partial charge in [0.25, 0.3) is 5.91 Å². The van der Waals surface area contributed by atoms with Gasteiger partial charge in [0.1, 0.15) is 5.75 Å². The van der Waals surface area contributed by atoms with Crippen LogP contribution >= 0.6 is 27.5 Å². The lowest BCUT2D eigenvalue weighted by molar-refractivity contribution is -0.0495. The molecule has 2 aromatic rings. The van der Waals surface area contributed by atoms with Gasteiger partial charge in [0.2, 0.25) is 0 Å². The number of aromatic nitrogens is 2. The van der Waals surface area contributed by atoms with Gasteiger partial charge in [-0.25, -0.2) is 4.21 Å². The number of alkyl halides is 2. The van der Waals surface area contributed by atoms with Crippen LogP contribution in [0.15, 0.2) is 22.7 Å². The highest BCUT2D eigenvalue weighted by atomic mass is 79.9. The summed E-state index contributed by atoms with van der Waals surface area (Å²) in [7, 11) is 0. The topological polar surface area (TPSA) is 93.5 Å². The highest BCUT2D eigenvalue weighted by molar-refractivity contribution is 9.10. The molecule has 1 unspecified atom stereocenters. The molecular weight excluding hydrogens is 544 g/mol. The number of ether oxygens (including phenoxy) is 1. The van der Waals surface area contributed by atoms with Crippen LogP contribution in [0, 0.1) is 11.8 Å². The smallest absolute Gasteiger partial charge is 0.387 e. The van der Waals surface area contributed by atoms with Gasteiger partial charge in [0, 0.05) is 23.1 Å². The van der Waals surface area contributed by atoms with E-state index in [2.05, 4.69) is 31.1 Å². The zero-order valence-corrected chi connectivity index (χ0v) is 21.1. The third-order valence-corrected chi connectivity index (χ3v) is 7.33. The number of hydrogen-bond acceptors (Lipinski definition) is 4. The molecule has 1 atom stereocenters.